The van der Waals surface area contributed by atoms with E-state index in [2.05, 4.69) is 26.1 Å². The molecule has 0 aromatic carbocycles. The molecule has 1 fully saturated rings. The third kappa shape index (κ3) is 3.19. The summed E-state index contributed by atoms with van der Waals surface area (Å²) in [6.07, 6.45) is 3.03. The van der Waals surface area contributed by atoms with Gasteiger partial charge in [0.2, 0.25) is 0 Å². The smallest absolute Gasteiger partial charge is 0.0655 e. The molecule has 0 aromatic heterocycles. The molecule has 1 aliphatic carbocycles. The molecule has 3 unspecified atom stereocenters. The molecule has 2 N–H and O–H groups in total. The molecule has 1 aliphatic rings. The van der Waals surface area contributed by atoms with Crippen LogP contribution < -0.4 is 5.32 Å². The normalized spacial score (nSPS) is 29.8. The molecule has 96 valence electrons. The Hall–Kier alpha value is -0.120. The van der Waals surface area contributed by atoms with Crippen molar-refractivity contribution in [2.24, 2.45) is 5.41 Å². The fourth-order valence-corrected chi connectivity index (χ4v) is 2.34. The van der Waals surface area contributed by atoms with Crippen molar-refractivity contribution < 1.29 is 9.84 Å². The second-order valence-corrected chi connectivity index (χ2v) is 5.36. The van der Waals surface area contributed by atoms with Crippen molar-refractivity contribution in [2.75, 3.05) is 13.2 Å². The van der Waals surface area contributed by atoms with Gasteiger partial charge >= 0.3 is 0 Å². The van der Waals surface area contributed by atoms with E-state index in [0.29, 0.717) is 12.1 Å². The van der Waals surface area contributed by atoms with E-state index in [1.807, 2.05) is 6.92 Å². The van der Waals surface area contributed by atoms with Crippen molar-refractivity contribution in [2.45, 2.75) is 65.2 Å². The van der Waals surface area contributed by atoms with E-state index in [9.17, 15) is 5.11 Å². The molecule has 0 saturated heterocycles. The number of hydrogen-bond acceptors (Lipinski definition) is 3. The third-order valence-corrected chi connectivity index (χ3v) is 3.89. The number of aliphatic hydroxyl groups excluding tert-OH is 1. The van der Waals surface area contributed by atoms with Crippen molar-refractivity contribution in [1.82, 2.24) is 5.32 Å². The summed E-state index contributed by atoms with van der Waals surface area (Å²) in [5, 5.41) is 13.0. The maximum atomic E-state index is 9.46. The molecule has 0 heterocycles. The molecule has 0 aromatic rings. The van der Waals surface area contributed by atoms with Gasteiger partial charge in [-0.15, -0.1) is 0 Å². The molecule has 0 radical (unpaired) electrons. The van der Waals surface area contributed by atoms with Crippen LogP contribution in [-0.2, 0) is 4.74 Å². The van der Waals surface area contributed by atoms with E-state index in [-0.39, 0.29) is 11.5 Å². The Bertz CT molecular complexity index is 206. The van der Waals surface area contributed by atoms with Gasteiger partial charge in [0.05, 0.1) is 12.2 Å². The lowest BCUT2D eigenvalue weighted by molar-refractivity contribution is -0.114. The number of ether oxygens (including phenoxy) is 1. The first kappa shape index (κ1) is 13.9. The van der Waals surface area contributed by atoms with Crippen molar-refractivity contribution in [3.63, 3.8) is 0 Å². The van der Waals surface area contributed by atoms with Gasteiger partial charge in [0, 0.05) is 18.1 Å². The quantitative estimate of drug-likeness (QED) is 0.701. The molecule has 3 atom stereocenters. The Morgan fingerprint density at radius 2 is 2.12 bits per heavy atom. The molecule has 0 bridgehead atoms. The van der Waals surface area contributed by atoms with Crippen LogP contribution in [0.15, 0.2) is 0 Å². The van der Waals surface area contributed by atoms with Gasteiger partial charge in [-0.25, -0.2) is 0 Å². The van der Waals surface area contributed by atoms with Gasteiger partial charge in [-0.3, -0.25) is 0 Å². The van der Waals surface area contributed by atoms with E-state index in [1.165, 1.54) is 0 Å². The van der Waals surface area contributed by atoms with Crippen LogP contribution in [0.1, 0.15) is 47.0 Å². The van der Waals surface area contributed by atoms with E-state index >= 15 is 0 Å². The highest BCUT2D eigenvalue weighted by atomic mass is 16.5. The zero-order valence-electron chi connectivity index (χ0n) is 11.1. The zero-order chi connectivity index (χ0) is 12.2. The Morgan fingerprint density at radius 1 is 1.44 bits per heavy atom. The first-order chi connectivity index (χ1) is 7.52. The van der Waals surface area contributed by atoms with Crippen LogP contribution in [0.5, 0.6) is 0 Å². The monoisotopic (exact) mass is 229 g/mol. The van der Waals surface area contributed by atoms with Crippen molar-refractivity contribution in [3.05, 3.63) is 0 Å². The van der Waals surface area contributed by atoms with Gasteiger partial charge in [0.15, 0.2) is 0 Å². The van der Waals surface area contributed by atoms with E-state index in [1.54, 1.807) is 0 Å². The second kappa shape index (κ2) is 5.99. The van der Waals surface area contributed by atoms with Crippen LogP contribution in [0.3, 0.4) is 0 Å². The van der Waals surface area contributed by atoms with Crippen LogP contribution in [0.2, 0.25) is 0 Å². The predicted molar refractivity (Wildman–Crippen MR) is 66.5 cm³/mol. The summed E-state index contributed by atoms with van der Waals surface area (Å²) in [6.45, 7) is 10.3. The summed E-state index contributed by atoms with van der Waals surface area (Å²) < 4.78 is 5.68. The zero-order valence-corrected chi connectivity index (χ0v) is 11.1. The molecule has 0 amide bonds. The fourth-order valence-electron chi connectivity index (χ4n) is 2.34. The Labute approximate surface area is 99.6 Å². The number of nitrogens with one attached hydrogen (secondary N) is 1. The minimum absolute atomic E-state index is 0.154. The Morgan fingerprint density at radius 3 is 2.62 bits per heavy atom. The van der Waals surface area contributed by atoms with E-state index in [4.69, 9.17) is 4.74 Å². The van der Waals surface area contributed by atoms with Gasteiger partial charge in [-0.05, 0) is 32.7 Å². The number of hydrogen-bond donors (Lipinski definition) is 2. The molecular formula is C13H27NO2. The largest absolute Gasteiger partial charge is 0.393 e. The highest BCUT2D eigenvalue weighted by Crippen LogP contribution is 2.42. The van der Waals surface area contributed by atoms with Crippen LogP contribution in [0.4, 0.5) is 0 Å². The summed E-state index contributed by atoms with van der Waals surface area (Å²) in [4.78, 5) is 0. The molecule has 3 nitrogen and oxygen atoms in total. The van der Waals surface area contributed by atoms with Crippen LogP contribution in [-0.4, -0.2) is 36.5 Å². The van der Waals surface area contributed by atoms with Gasteiger partial charge in [0.25, 0.3) is 0 Å². The number of rotatable bonds is 7. The summed E-state index contributed by atoms with van der Waals surface area (Å²) in [6, 6.07) is 0.535. The topological polar surface area (TPSA) is 41.5 Å². The van der Waals surface area contributed by atoms with E-state index < -0.39 is 0 Å². The number of aliphatic hydroxyl groups is 1. The molecule has 1 saturated carbocycles. The minimum atomic E-state index is -0.154. The molecular weight excluding hydrogens is 202 g/mol. The average Bonchev–Trinajstić information content (AvgIpc) is 2.26. The molecule has 0 spiro atoms. The Kier molecular flexibility index (Phi) is 5.22. The van der Waals surface area contributed by atoms with Gasteiger partial charge in [-0.2, -0.15) is 0 Å². The summed E-state index contributed by atoms with van der Waals surface area (Å²) >= 11 is 0. The second-order valence-electron chi connectivity index (χ2n) is 5.36. The highest BCUT2D eigenvalue weighted by Gasteiger charge is 2.48. The van der Waals surface area contributed by atoms with Crippen LogP contribution in [0.25, 0.3) is 0 Å². The highest BCUT2D eigenvalue weighted by molar-refractivity contribution is 5.02. The van der Waals surface area contributed by atoms with Gasteiger partial charge < -0.3 is 15.2 Å². The first-order valence-electron chi connectivity index (χ1n) is 6.55. The summed E-state index contributed by atoms with van der Waals surface area (Å²) in [7, 11) is 0. The fraction of sp³-hybridized carbons (Fsp3) is 1.00. The van der Waals surface area contributed by atoms with Gasteiger partial charge in [0.1, 0.15) is 0 Å². The lowest BCUT2D eigenvalue weighted by atomic mass is 9.64. The van der Waals surface area contributed by atoms with Crippen molar-refractivity contribution in [1.29, 1.82) is 0 Å². The summed E-state index contributed by atoms with van der Waals surface area (Å²) in [5.41, 5.74) is 0.229. The predicted octanol–water partition coefficient (Wildman–Crippen LogP) is 1.94. The maximum Gasteiger partial charge on any atom is 0.0655 e. The lowest BCUT2D eigenvalue weighted by Crippen LogP contribution is -2.61. The van der Waals surface area contributed by atoms with E-state index in [0.717, 1.165) is 32.4 Å². The van der Waals surface area contributed by atoms with Gasteiger partial charge in [-0.1, -0.05) is 20.8 Å². The summed E-state index contributed by atoms with van der Waals surface area (Å²) in [5.74, 6) is 0. The van der Waals surface area contributed by atoms with Crippen molar-refractivity contribution >= 4 is 0 Å². The standard InChI is InChI=1S/C13H27NO2/c1-5-10(15)7-8-14-11-9-12(16-6-2)13(11,3)4/h10-12,14-15H,5-9H2,1-4H3. The lowest BCUT2D eigenvalue weighted by Gasteiger charge is -2.52. The molecule has 3 heteroatoms. The average molecular weight is 229 g/mol. The maximum absolute atomic E-state index is 9.46. The Balaban J connectivity index is 2.20. The third-order valence-electron chi connectivity index (χ3n) is 3.89. The van der Waals surface area contributed by atoms with Crippen molar-refractivity contribution in [3.8, 4) is 0 Å². The van der Waals surface area contributed by atoms with Crippen LogP contribution in [0, 0.1) is 5.41 Å². The SMILES string of the molecule is CCOC1CC(NCCC(O)CC)C1(C)C. The first-order valence-corrected chi connectivity index (χ1v) is 6.55. The molecule has 0 aliphatic heterocycles. The van der Waals surface area contributed by atoms with Crippen LogP contribution >= 0.6 is 0 Å². The molecule has 1 rings (SSSR count). The molecule has 16 heavy (non-hydrogen) atoms. The minimum Gasteiger partial charge on any atom is -0.393 e.